The molecule has 2 saturated heterocycles. The molecule has 1 aromatic heterocycles. The average Bonchev–Trinajstić information content (AvgIpc) is 3.51. The number of hydrogen-bond acceptors (Lipinski definition) is 7. The maximum atomic E-state index is 13.5. The minimum atomic E-state index is -0.913. The number of rotatable bonds is 9. The number of fused-ring (bicyclic) bond motifs is 2. The van der Waals surface area contributed by atoms with Crippen molar-refractivity contribution in [3.05, 3.63) is 134 Å². The van der Waals surface area contributed by atoms with E-state index in [9.17, 15) is 9.59 Å². The van der Waals surface area contributed by atoms with Gasteiger partial charge in [-0.2, -0.15) is 0 Å². The van der Waals surface area contributed by atoms with Crippen LogP contribution in [0.15, 0.2) is 95.9 Å². The standard InChI is InChI=1S/C33H32N2O6S/c1-22-13-15-26(16-14-22)30(37)35-29(36)23(2)17-34(32(35)42)31-27-28(39-19-25-11-7-4-8-12-25)33(41-31,21-40-27)20-38-18-24-9-5-3-6-10-24/h3-17,27-28,31H,18-21H2,1-2H3/t27-,28?,31+,33+/m0/s1. The first kappa shape index (κ1) is 28.4. The van der Waals surface area contributed by atoms with Crippen molar-refractivity contribution in [3.8, 4) is 0 Å². The maximum absolute atomic E-state index is 13.5. The van der Waals surface area contributed by atoms with Gasteiger partial charge in [-0.3, -0.25) is 14.2 Å². The van der Waals surface area contributed by atoms with Crippen LogP contribution in [0.25, 0.3) is 0 Å². The number of carbonyl (C=O) groups excluding carboxylic acids is 1. The van der Waals surface area contributed by atoms with E-state index in [1.807, 2.05) is 79.7 Å². The van der Waals surface area contributed by atoms with E-state index in [-0.39, 0.29) is 18.0 Å². The lowest BCUT2D eigenvalue weighted by atomic mass is 10.00. The summed E-state index contributed by atoms with van der Waals surface area (Å²) in [6, 6.07) is 26.8. The number of hydrogen-bond donors (Lipinski definition) is 0. The molecule has 42 heavy (non-hydrogen) atoms. The van der Waals surface area contributed by atoms with Crippen molar-refractivity contribution in [1.82, 2.24) is 9.13 Å². The van der Waals surface area contributed by atoms with Gasteiger partial charge >= 0.3 is 0 Å². The SMILES string of the molecule is Cc1ccc(C(=O)n2c(=O)c(C)cn([C@@H]3O[C@]4(COCc5ccccc5)CO[C@H]3C4OCc3ccccc3)c2=S)cc1. The van der Waals surface area contributed by atoms with Crippen molar-refractivity contribution in [2.45, 2.75) is 51.1 Å². The van der Waals surface area contributed by atoms with Gasteiger partial charge in [-0.1, -0.05) is 78.4 Å². The molecule has 216 valence electrons. The van der Waals surface area contributed by atoms with Crippen molar-refractivity contribution in [3.63, 3.8) is 0 Å². The predicted octanol–water partition coefficient (Wildman–Crippen LogP) is 5.15. The molecule has 4 atom stereocenters. The predicted molar refractivity (Wildman–Crippen MR) is 159 cm³/mol. The molecule has 4 aromatic rings. The second-order valence-corrected chi connectivity index (χ2v) is 11.2. The molecule has 0 amide bonds. The lowest BCUT2D eigenvalue weighted by molar-refractivity contribution is -0.196. The van der Waals surface area contributed by atoms with Gasteiger partial charge in [0.05, 0.1) is 26.4 Å². The lowest BCUT2D eigenvalue weighted by Crippen LogP contribution is -2.46. The Morgan fingerprint density at radius 3 is 2.26 bits per heavy atom. The maximum Gasteiger partial charge on any atom is 0.267 e. The number of aromatic nitrogens is 2. The molecule has 3 heterocycles. The summed E-state index contributed by atoms with van der Waals surface area (Å²) in [7, 11) is 0. The van der Waals surface area contributed by atoms with Crippen LogP contribution in [0.4, 0.5) is 0 Å². The highest BCUT2D eigenvalue weighted by atomic mass is 32.1. The Kier molecular flexibility index (Phi) is 8.02. The van der Waals surface area contributed by atoms with Gasteiger partial charge in [0.25, 0.3) is 11.5 Å². The van der Waals surface area contributed by atoms with Crippen LogP contribution in [-0.2, 0) is 32.2 Å². The normalized spacial score (nSPS) is 22.9. The molecule has 0 saturated carbocycles. The second kappa shape index (κ2) is 11.9. The summed E-state index contributed by atoms with van der Waals surface area (Å²) in [5.41, 5.74) is 2.40. The molecule has 8 nitrogen and oxygen atoms in total. The van der Waals surface area contributed by atoms with E-state index in [1.165, 1.54) is 0 Å². The molecule has 2 aliphatic rings. The number of ether oxygens (including phenoxy) is 4. The Morgan fingerprint density at radius 1 is 0.952 bits per heavy atom. The van der Waals surface area contributed by atoms with Gasteiger partial charge < -0.3 is 18.9 Å². The van der Waals surface area contributed by atoms with Gasteiger partial charge in [0.1, 0.15) is 17.8 Å². The van der Waals surface area contributed by atoms with E-state index in [0.29, 0.717) is 24.3 Å². The van der Waals surface area contributed by atoms with Crippen LogP contribution < -0.4 is 5.56 Å². The van der Waals surface area contributed by atoms with Crippen molar-refractivity contribution >= 4 is 18.1 Å². The van der Waals surface area contributed by atoms with E-state index < -0.39 is 35.5 Å². The molecular weight excluding hydrogens is 552 g/mol. The van der Waals surface area contributed by atoms with Crippen molar-refractivity contribution < 1.29 is 23.7 Å². The minimum Gasteiger partial charge on any atom is -0.374 e. The molecule has 0 aliphatic carbocycles. The fourth-order valence-electron chi connectivity index (χ4n) is 5.53. The van der Waals surface area contributed by atoms with E-state index in [2.05, 4.69) is 0 Å². The van der Waals surface area contributed by atoms with Crippen molar-refractivity contribution in [2.75, 3.05) is 13.2 Å². The number of benzene rings is 3. The fourth-order valence-corrected chi connectivity index (χ4v) is 5.85. The Morgan fingerprint density at radius 2 is 1.60 bits per heavy atom. The topological polar surface area (TPSA) is 80.9 Å². The van der Waals surface area contributed by atoms with E-state index in [4.69, 9.17) is 31.2 Å². The Balaban J connectivity index is 1.32. The van der Waals surface area contributed by atoms with Crippen LogP contribution in [0.2, 0.25) is 0 Å². The average molecular weight is 585 g/mol. The van der Waals surface area contributed by atoms with E-state index >= 15 is 0 Å². The molecule has 2 bridgehead atoms. The zero-order valence-corrected chi connectivity index (χ0v) is 24.3. The third-order valence-electron chi connectivity index (χ3n) is 7.76. The highest BCUT2D eigenvalue weighted by molar-refractivity contribution is 7.71. The van der Waals surface area contributed by atoms with E-state index in [1.54, 1.807) is 29.8 Å². The summed E-state index contributed by atoms with van der Waals surface area (Å²) in [5, 5.41) is 0. The summed E-state index contributed by atoms with van der Waals surface area (Å²) >= 11 is 5.76. The Labute approximate surface area is 249 Å². The third-order valence-corrected chi connectivity index (χ3v) is 8.16. The summed E-state index contributed by atoms with van der Waals surface area (Å²) in [6.45, 7) is 4.85. The summed E-state index contributed by atoms with van der Waals surface area (Å²) < 4.78 is 28.3. The Hall–Kier alpha value is -3.73. The highest BCUT2D eigenvalue weighted by Gasteiger charge is 2.63. The van der Waals surface area contributed by atoms with Gasteiger partial charge in [0, 0.05) is 17.3 Å². The number of aryl methyl sites for hydroxylation is 2. The lowest BCUT2D eigenvalue weighted by Gasteiger charge is -2.32. The number of carbonyl (C=O) groups is 1. The molecular formula is C33H32N2O6S. The summed E-state index contributed by atoms with van der Waals surface area (Å²) in [5.74, 6) is -0.496. The first-order valence-corrected chi connectivity index (χ1v) is 14.3. The molecule has 3 aromatic carbocycles. The molecule has 2 aliphatic heterocycles. The summed E-state index contributed by atoms with van der Waals surface area (Å²) in [6.07, 6.45) is -0.122. The van der Waals surface area contributed by atoms with Crippen LogP contribution in [0.1, 0.15) is 38.8 Å². The first-order valence-electron chi connectivity index (χ1n) is 13.9. The molecule has 2 fully saturated rings. The largest absolute Gasteiger partial charge is 0.374 e. The minimum absolute atomic E-state index is 0.0273. The molecule has 6 rings (SSSR count). The quantitative estimate of drug-likeness (QED) is 0.252. The van der Waals surface area contributed by atoms with Crippen LogP contribution >= 0.6 is 12.2 Å². The third kappa shape index (κ3) is 5.42. The molecule has 1 unspecified atom stereocenters. The van der Waals surface area contributed by atoms with Gasteiger partial charge in [0.2, 0.25) is 0 Å². The zero-order valence-electron chi connectivity index (χ0n) is 23.5. The van der Waals surface area contributed by atoms with Gasteiger partial charge in [-0.25, -0.2) is 4.57 Å². The van der Waals surface area contributed by atoms with Crippen LogP contribution in [0.3, 0.4) is 0 Å². The molecule has 9 heteroatoms. The van der Waals surface area contributed by atoms with E-state index in [0.717, 1.165) is 21.3 Å². The first-order chi connectivity index (χ1) is 20.4. The highest BCUT2D eigenvalue weighted by Crippen LogP contribution is 2.47. The second-order valence-electron chi connectivity index (χ2n) is 10.9. The smallest absolute Gasteiger partial charge is 0.267 e. The Bertz CT molecular complexity index is 1690. The van der Waals surface area contributed by atoms with Crippen LogP contribution in [0, 0.1) is 18.6 Å². The molecule has 0 radical (unpaired) electrons. The van der Waals surface area contributed by atoms with Crippen molar-refractivity contribution in [2.24, 2.45) is 0 Å². The monoisotopic (exact) mass is 584 g/mol. The number of nitrogens with zero attached hydrogens (tertiary/aromatic N) is 2. The van der Waals surface area contributed by atoms with Gasteiger partial charge in [0.15, 0.2) is 11.0 Å². The van der Waals surface area contributed by atoms with Crippen LogP contribution in [0.5, 0.6) is 0 Å². The van der Waals surface area contributed by atoms with Crippen molar-refractivity contribution in [1.29, 1.82) is 0 Å². The molecule has 0 N–H and O–H groups in total. The fraction of sp³-hybridized carbons (Fsp3) is 0.303. The van der Waals surface area contributed by atoms with Gasteiger partial charge in [-0.05, 0) is 49.3 Å². The summed E-state index contributed by atoms with van der Waals surface area (Å²) in [4.78, 5) is 26.7. The zero-order chi connectivity index (χ0) is 29.3. The molecule has 0 spiro atoms. The van der Waals surface area contributed by atoms with Gasteiger partial charge in [-0.15, -0.1) is 0 Å². The van der Waals surface area contributed by atoms with Crippen LogP contribution in [-0.4, -0.2) is 46.1 Å².